The largest absolute Gasteiger partial charge is 0.352 e. The van der Waals surface area contributed by atoms with Gasteiger partial charge in [-0.1, -0.05) is 67.3 Å². The number of nitrogens with one attached hydrogen (secondary N) is 1. The van der Waals surface area contributed by atoms with Crippen molar-refractivity contribution in [2.45, 2.75) is 75.8 Å². The zero-order chi connectivity index (χ0) is 22.3. The van der Waals surface area contributed by atoms with E-state index in [0.29, 0.717) is 0 Å². The third-order valence-electron chi connectivity index (χ3n) is 6.03. The highest BCUT2D eigenvalue weighted by molar-refractivity contribution is 7.89. The van der Waals surface area contributed by atoms with Crippen LogP contribution in [0, 0.1) is 6.92 Å². The molecule has 0 aromatic heterocycles. The summed E-state index contributed by atoms with van der Waals surface area (Å²) in [4.78, 5) is 13.1. The molecule has 0 radical (unpaired) electrons. The molecule has 0 unspecified atom stereocenters. The molecule has 1 fully saturated rings. The monoisotopic (exact) mass is 442 g/mol. The van der Waals surface area contributed by atoms with Gasteiger partial charge in [-0.15, -0.1) is 0 Å². The maximum absolute atomic E-state index is 13.4. The van der Waals surface area contributed by atoms with E-state index in [-0.39, 0.29) is 29.4 Å². The van der Waals surface area contributed by atoms with E-state index >= 15 is 0 Å². The number of rotatable bonds is 9. The first kappa shape index (κ1) is 23.5. The SMILES string of the molecule is Cc1ccc(S(=O)(=O)N(CC(=O)N[C@@H](C)CCc2ccccc2)C2CCCCC2)cc1. The van der Waals surface area contributed by atoms with Gasteiger partial charge >= 0.3 is 0 Å². The van der Waals surface area contributed by atoms with Gasteiger partial charge in [0, 0.05) is 12.1 Å². The quantitative estimate of drug-likeness (QED) is 0.624. The van der Waals surface area contributed by atoms with Gasteiger partial charge in [-0.3, -0.25) is 4.79 Å². The third kappa shape index (κ3) is 6.65. The normalized spacial score (nSPS) is 16.2. The van der Waals surface area contributed by atoms with Crippen molar-refractivity contribution in [2.75, 3.05) is 6.54 Å². The minimum absolute atomic E-state index is 0.0250. The predicted molar refractivity (Wildman–Crippen MR) is 124 cm³/mol. The van der Waals surface area contributed by atoms with E-state index in [0.717, 1.165) is 50.5 Å². The summed E-state index contributed by atoms with van der Waals surface area (Å²) in [6.45, 7) is 3.77. The molecule has 1 amide bonds. The second kappa shape index (κ2) is 10.9. The molecular formula is C25H34N2O3S. The van der Waals surface area contributed by atoms with Crippen LogP contribution in [0.2, 0.25) is 0 Å². The van der Waals surface area contributed by atoms with Crippen molar-refractivity contribution in [2.24, 2.45) is 0 Å². The maximum Gasteiger partial charge on any atom is 0.243 e. The van der Waals surface area contributed by atoms with E-state index in [1.807, 2.05) is 32.0 Å². The van der Waals surface area contributed by atoms with Crippen LogP contribution in [0.4, 0.5) is 0 Å². The van der Waals surface area contributed by atoms with Gasteiger partial charge < -0.3 is 5.32 Å². The van der Waals surface area contributed by atoms with Crippen molar-refractivity contribution in [3.05, 3.63) is 65.7 Å². The lowest BCUT2D eigenvalue weighted by Crippen LogP contribution is -2.48. The van der Waals surface area contributed by atoms with Crippen LogP contribution in [0.15, 0.2) is 59.5 Å². The molecule has 1 aliphatic carbocycles. The molecule has 1 saturated carbocycles. The van der Waals surface area contributed by atoms with Gasteiger partial charge in [0.1, 0.15) is 0 Å². The Labute approximate surface area is 186 Å². The smallest absolute Gasteiger partial charge is 0.243 e. The van der Waals surface area contributed by atoms with Crippen LogP contribution in [0.5, 0.6) is 0 Å². The average molecular weight is 443 g/mol. The van der Waals surface area contributed by atoms with E-state index in [4.69, 9.17) is 0 Å². The highest BCUT2D eigenvalue weighted by atomic mass is 32.2. The van der Waals surface area contributed by atoms with Gasteiger partial charge in [0.15, 0.2) is 0 Å². The van der Waals surface area contributed by atoms with Gasteiger partial charge in [0.2, 0.25) is 15.9 Å². The van der Waals surface area contributed by atoms with E-state index in [1.165, 1.54) is 9.87 Å². The van der Waals surface area contributed by atoms with Crippen molar-refractivity contribution in [3.8, 4) is 0 Å². The summed E-state index contributed by atoms with van der Waals surface area (Å²) in [5.41, 5.74) is 2.24. The first-order chi connectivity index (χ1) is 14.9. The Balaban J connectivity index is 1.67. The Morgan fingerprint density at radius 3 is 2.32 bits per heavy atom. The fourth-order valence-electron chi connectivity index (χ4n) is 4.19. The second-order valence-corrected chi connectivity index (χ2v) is 10.5. The molecule has 0 bridgehead atoms. The fourth-order valence-corrected chi connectivity index (χ4v) is 5.83. The fraction of sp³-hybridized carbons (Fsp3) is 0.480. The van der Waals surface area contributed by atoms with Gasteiger partial charge in [0.25, 0.3) is 0 Å². The van der Waals surface area contributed by atoms with Gasteiger partial charge in [-0.25, -0.2) is 8.42 Å². The first-order valence-corrected chi connectivity index (χ1v) is 12.7. The lowest BCUT2D eigenvalue weighted by Gasteiger charge is -2.33. The van der Waals surface area contributed by atoms with Crippen LogP contribution in [0.25, 0.3) is 0 Å². The van der Waals surface area contributed by atoms with Gasteiger partial charge in [0.05, 0.1) is 11.4 Å². The molecule has 5 nitrogen and oxygen atoms in total. The van der Waals surface area contributed by atoms with E-state index in [2.05, 4.69) is 17.4 Å². The molecule has 168 valence electrons. The molecule has 2 aromatic rings. The molecule has 0 saturated heterocycles. The molecule has 2 aromatic carbocycles. The number of nitrogens with zero attached hydrogens (tertiary/aromatic N) is 1. The Morgan fingerprint density at radius 2 is 1.68 bits per heavy atom. The van der Waals surface area contributed by atoms with Crippen molar-refractivity contribution in [1.82, 2.24) is 9.62 Å². The summed E-state index contributed by atoms with van der Waals surface area (Å²) in [7, 11) is -3.73. The second-order valence-electron chi connectivity index (χ2n) is 8.65. The number of hydrogen-bond donors (Lipinski definition) is 1. The number of benzene rings is 2. The van der Waals surface area contributed by atoms with Crippen LogP contribution in [0.3, 0.4) is 0 Å². The zero-order valence-corrected chi connectivity index (χ0v) is 19.4. The third-order valence-corrected chi connectivity index (χ3v) is 7.94. The van der Waals surface area contributed by atoms with Crippen molar-refractivity contribution in [3.63, 3.8) is 0 Å². The minimum atomic E-state index is -3.73. The summed E-state index contributed by atoms with van der Waals surface area (Å²) in [6, 6.07) is 16.9. The maximum atomic E-state index is 13.4. The molecule has 31 heavy (non-hydrogen) atoms. The number of sulfonamides is 1. The summed E-state index contributed by atoms with van der Waals surface area (Å²) in [5.74, 6) is -0.234. The Morgan fingerprint density at radius 1 is 1.03 bits per heavy atom. The van der Waals surface area contributed by atoms with Crippen molar-refractivity contribution < 1.29 is 13.2 Å². The molecule has 1 N–H and O–H groups in total. The molecule has 0 spiro atoms. The minimum Gasteiger partial charge on any atom is -0.352 e. The lowest BCUT2D eigenvalue weighted by molar-refractivity contribution is -0.122. The van der Waals surface area contributed by atoms with Crippen LogP contribution in [-0.4, -0.2) is 37.3 Å². The first-order valence-electron chi connectivity index (χ1n) is 11.3. The van der Waals surface area contributed by atoms with Crippen LogP contribution < -0.4 is 5.32 Å². The Kier molecular flexibility index (Phi) is 8.27. The topological polar surface area (TPSA) is 66.5 Å². The van der Waals surface area contributed by atoms with E-state index < -0.39 is 10.0 Å². The van der Waals surface area contributed by atoms with E-state index in [9.17, 15) is 13.2 Å². The number of amides is 1. The standard InChI is InChI=1S/C25H34N2O3S/c1-20-13-17-24(18-14-20)31(29,30)27(23-11-7-4-8-12-23)19-25(28)26-21(2)15-16-22-9-5-3-6-10-22/h3,5-6,9-10,13-14,17-18,21,23H,4,7-8,11-12,15-16,19H2,1-2H3,(H,26,28)/t21-/m0/s1. The van der Waals surface area contributed by atoms with Crippen LogP contribution in [-0.2, 0) is 21.2 Å². The van der Waals surface area contributed by atoms with Crippen LogP contribution in [0.1, 0.15) is 56.6 Å². The number of aryl methyl sites for hydroxylation is 2. The predicted octanol–water partition coefficient (Wildman–Crippen LogP) is 4.46. The molecular weight excluding hydrogens is 408 g/mol. The van der Waals surface area contributed by atoms with Crippen LogP contribution >= 0.6 is 0 Å². The zero-order valence-electron chi connectivity index (χ0n) is 18.6. The average Bonchev–Trinajstić information content (AvgIpc) is 2.77. The molecule has 0 heterocycles. The molecule has 3 rings (SSSR count). The summed E-state index contributed by atoms with van der Waals surface area (Å²) < 4.78 is 28.3. The number of carbonyl (C=O) groups excluding carboxylic acids is 1. The molecule has 1 aliphatic rings. The Hall–Kier alpha value is -2.18. The molecule has 6 heteroatoms. The van der Waals surface area contributed by atoms with Gasteiger partial charge in [-0.05, 0) is 57.2 Å². The summed E-state index contributed by atoms with van der Waals surface area (Å²) >= 11 is 0. The molecule has 1 atom stereocenters. The van der Waals surface area contributed by atoms with Crippen molar-refractivity contribution in [1.29, 1.82) is 0 Å². The lowest BCUT2D eigenvalue weighted by atomic mass is 9.95. The molecule has 0 aliphatic heterocycles. The van der Waals surface area contributed by atoms with E-state index in [1.54, 1.807) is 24.3 Å². The van der Waals surface area contributed by atoms with Crippen molar-refractivity contribution >= 4 is 15.9 Å². The highest BCUT2D eigenvalue weighted by Gasteiger charge is 2.34. The summed E-state index contributed by atoms with van der Waals surface area (Å²) in [5, 5.41) is 3.01. The Bertz CT molecular complexity index is 936. The van der Waals surface area contributed by atoms with Gasteiger partial charge in [-0.2, -0.15) is 4.31 Å². The highest BCUT2D eigenvalue weighted by Crippen LogP contribution is 2.28. The number of carbonyl (C=O) groups is 1. The summed E-state index contributed by atoms with van der Waals surface area (Å²) in [6.07, 6.45) is 6.42. The number of hydrogen-bond acceptors (Lipinski definition) is 3.